The molecule has 0 saturated carbocycles. The molecule has 1 aromatic carbocycles. The monoisotopic (exact) mass is 183 g/mol. The van der Waals surface area contributed by atoms with Gasteiger partial charge >= 0.3 is 0 Å². The van der Waals surface area contributed by atoms with Crippen molar-refractivity contribution in [2.75, 3.05) is 5.32 Å². The molecule has 0 spiro atoms. The van der Waals surface area contributed by atoms with E-state index in [-0.39, 0.29) is 5.91 Å². The molecule has 1 heterocycles. The molecule has 1 aromatic rings. The minimum atomic E-state index is -0.917. The number of anilines is 1. The molecule has 1 amide bonds. The van der Waals surface area contributed by atoms with Crippen molar-refractivity contribution in [1.29, 1.82) is 0 Å². The van der Waals surface area contributed by atoms with Crippen molar-refractivity contribution in [2.45, 2.75) is 5.56 Å². The topological polar surface area (TPSA) is 38.3 Å². The molecule has 0 radical (unpaired) electrons. The highest BCUT2D eigenvalue weighted by atomic mass is 35.5. The van der Waals surface area contributed by atoms with Crippen LogP contribution in [0.2, 0.25) is 0 Å². The Hall–Kier alpha value is -1.22. The fraction of sp³-hybridized carbons (Fsp3) is 0.125. The zero-order valence-electron chi connectivity index (χ0n) is 6.08. The lowest BCUT2D eigenvalue weighted by molar-refractivity contribution is -0.120. The van der Waals surface area contributed by atoms with E-state index in [1.807, 2.05) is 12.1 Å². The summed E-state index contributed by atoms with van der Waals surface area (Å²) < 4.78 is 5.10. The molecule has 1 aliphatic heterocycles. The molecule has 0 bridgehead atoms. The van der Waals surface area contributed by atoms with Gasteiger partial charge in [0.25, 0.3) is 11.5 Å². The van der Waals surface area contributed by atoms with E-state index in [1.54, 1.807) is 12.1 Å². The zero-order chi connectivity index (χ0) is 8.55. The van der Waals surface area contributed by atoms with Crippen molar-refractivity contribution in [2.24, 2.45) is 0 Å². The Morgan fingerprint density at radius 3 is 3.00 bits per heavy atom. The molecule has 0 saturated heterocycles. The van der Waals surface area contributed by atoms with Crippen LogP contribution >= 0.6 is 11.6 Å². The van der Waals surface area contributed by atoms with Crippen molar-refractivity contribution in [1.82, 2.24) is 0 Å². The molecule has 0 aliphatic carbocycles. The number of alkyl halides is 1. The van der Waals surface area contributed by atoms with Gasteiger partial charge in [0.15, 0.2) is 0 Å². The summed E-state index contributed by atoms with van der Waals surface area (Å²) >= 11 is 5.56. The number of carbonyl (C=O) groups is 1. The summed E-state index contributed by atoms with van der Waals surface area (Å²) in [5.41, 5.74) is -0.251. The van der Waals surface area contributed by atoms with Crippen molar-refractivity contribution >= 4 is 23.2 Å². The van der Waals surface area contributed by atoms with Gasteiger partial charge < -0.3 is 10.1 Å². The predicted octanol–water partition coefficient (Wildman–Crippen LogP) is 1.58. The number of nitrogens with one attached hydrogen (secondary N) is 1. The molecule has 1 atom stereocenters. The molecule has 1 aliphatic rings. The Labute approximate surface area is 74.3 Å². The Morgan fingerprint density at radius 1 is 1.42 bits per heavy atom. The van der Waals surface area contributed by atoms with Crippen molar-refractivity contribution in [3.05, 3.63) is 24.3 Å². The number of rotatable bonds is 0. The van der Waals surface area contributed by atoms with Crippen LogP contribution in [0.3, 0.4) is 0 Å². The van der Waals surface area contributed by atoms with Crippen LogP contribution in [-0.4, -0.2) is 11.5 Å². The smallest absolute Gasteiger partial charge is 0.281 e. The molecule has 2 rings (SSSR count). The summed E-state index contributed by atoms with van der Waals surface area (Å²) in [6.07, 6.45) is 0. The van der Waals surface area contributed by atoms with Gasteiger partial charge in [0.1, 0.15) is 5.75 Å². The first kappa shape index (κ1) is 7.43. The Balaban J connectivity index is 2.40. The SMILES string of the molecule is O=C1Nc2ccccc2OC1Cl. The maximum Gasteiger partial charge on any atom is 0.281 e. The van der Waals surface area contributed by atoms with E-state index in [9.17, 15) is 4.79 Å². The van der Waals surface area contributed by atoms with Gasteiger partial charge in [-0.15, -0.1) is 0 Å². The van der Waals surface area contributed by atoms with Gasteiger partial charge in [0.05, 0.1) is 5.69 Å². The van der Waals surface area contributed by atoms with Crippen LogP contribution in [0.4, 0.5) is 5.69 Å². The third-order valence-corrected chi connectivity index (χ3v) is 1.87. The van der Waals surface area contributed by atoms with Crippen LogP contribution in [-0.2, 0) is 4.79 Å². The number of fused-ring (bicyclic) bond motifs is 1. The van der Waals surface area contributed by atoms with Crippen LogP contribution in [0, 0.1) is 0 Å². The average molecular weight is 184 g/mol. The van der Waals surface area contributed by atoms with E-state index >= 15 is 0 Å². The highest BCUT2D eigenvalue weighted by Gasteiger charge is 2.24. The highest BCUT2D eigenvalue weighted by molar-refractivity contribution is 6.32. The molecule has 1 N–H and O–H groups in total. The molecule has 62 valence electrons. The molecule has 4 heteroatoms. The van der Waals surface area contributed by atoms with Gasteiger partial charge in [0.2, 0.25) is 0 Å². The van der Waals surface area contributed by atoms with Crippen molar-refractivity contribution in [3.8, 4) is 5.75 Å². The minimum absolute atomic E-state index is 0.324. The summed E-state index contributed by atoms with van der Waals surface area (Å²) in [7, 11) is 0. The number of hydrogen-bond acceptors (Lipinski definition) is 2. The van der Waals surface area contributed by atoms with Gasteiger partial charge in [-0.05, 0) is 12.1 Å². The van der Waals surface area contributed by atoms with Crippen molar-refractivity contribution < 1.29 is 9.53 Å². The third-order valence-electron chi connectivity index (χ3n) is 1.58. The second kappa shape index (κ2) is 2.68. The van der Waals surface area contributed by atoms with Gasteiger partial charge in [-0.2, -0.15) is 0 Å². The second-order valence-electron chi connectivity index (χ2n) is 2.42. The van der Waals surface area contributed by atoms with Gasteiger partial charge in [-0.25, -0.2) is 0 Å². The number of halogens is 1. The zero-order valence-corrected chi connectivity index (χ0v) is 6.84. The number of para-hydroxylation sites is 2. The summed E-state index contributed by atoms with van der Waals surface area (Å²) in [6, 6.07) is 7.15. The number of carbonyl (C=O) groups excluding carboxylic acids is 1. The number of ether oxygens (including phenoxy) is 1. The average Bonchev–Trinajstić information content (AvgIpc) is 2.07. The lowest BCUT2D eigenvalue weighted by Crippen LogP contribution is -2.32. The molecule has 0 fully saturated rings. The summed E-state index contributed by atoms with van der Waals surface area (Å²) in [5, 5.41) is 2.61. The van der Waals surface area contributed by atoms with E-state index in [0.29, 0.717) is 11.4 Å². The van der Waals surface area contributed by atoms with Crippen LogP contribution in [0.1, 0.15) is 0 Å². The molecule has 0 aromatic heterocycles. The van der Waals surface area contributed by atoms with Crippen LogP contribution in [0.15, 0.2) is 24.3 Å². The first-order valence-corrected chi connectivity index (χ1v) is 3.91. The molecule has 1 unspecified atom stereocenters. The largest absolute Gasteiger partial charge is 0.463 e. The normalized spacial score (nSPS) is 20.8. The quantitative estimate of drug-likeness (QED) is 0.621. The first-order chi connectivity index (χ1) is 5.77. The third kappa shape index (κ3) is 1.12. The Bertz CT molecular complexity index is 327. The maximum atomic E-state index is 11.0. The van der Waals surface area contributed by atoms with Crippen LogP contribution < -0.4 is 10.1 Å². The number of amides is 1. The highest BCUT2D eigenvalue weighted by Crippen LogP contribution is 2.29. The Kier molecular flexibility index (Phi) is 1.66. The second-order valence-corrected chi connectivity index (χ2v) is 2.82. The van der Waals surface area contributed by atoms with Crippen LogP contribution in [0.25, 0.3) is 0 Å². The van der Waals surface area contributed by atoms with Gasteiger partial charge in [0, 0.05) is 0 Å². The summed E-state index contributed by atoms with van der Waals surface area (Å²) in [5.74, 6) is 0.285. The molecular formula is C8H6ClNO2. The van der Waals surface area contributed by atoms with E-state index in [1.165, 1.54) is 0 Å². The summed E-state index contributed by atoms with van der Waals surface area (Å²) in [4.78, 5) is 11.0. The minimum Gasteiger partial charge on any atom is -0.463 e. The standard InChI is InChI=1S/C8H6ClNO2/c9-7-8(11)10-5-3-1-2-4-6(5)12-7/h1-4,7H,(H,10,11). The lowest BCUT2D eigenvalue weighted by atomic mass is 10.2. The van der Waals surface area contributed by atoms with E-state index in [2.05, 4.69) is 5.32 Å². The van der Waals surface area contributed by atoms with Crippen molar-refractivity contribution in [3.63, 3.8) is 0 Å². The molecular weight excluding hydrogens is 178 g/mol. The lowest BCUT2D eigenvalue weighted by Gasteiger charge is -2.21. The van der Waals surface area contributed by atoms with E-state index in [4.69, 9.17) is 16.3 Å². The maximum absolute atomic E-state index is 11.0. The summed E-state index contributed by atoms with van der Waals surface area (Å²) in [6.45, 7) is 0. The van der Waals surface area contributed by atoms with Gasteiger partial charge in [-0.1, -0.05) is 23.7 Å². The first-order valence-electron chi connectivity index (χ1n) is 3.48. The number of benzene rings is 1. The van der Waals surface area contributed by atoms with E-state index < -0.39 is 5.56 Å². The van der Waals surface area contributed by atoms with E-state index in [0.717, 1.165) is 0 Å². The fourth-order valence-corrected chi connectivity index (χ4v) is 1.18. The van der Waals surface area contributed by atoms with Gasteiger partial charge in [-0.3, -0.25) is 4.79 Å². The molecule has 12 heavy (non-hydrogen) atoms. The molecule has 3 nitrogen and oxygen atoms in total. The predicted molar refractivity (Wildman–Crippen MR) is 45.3 cm³/mol. The Morgan fingerprint density at radius 2 is 2.17 bits per heavy atom. The fourth-order valence-electron chi connectivity index (χ4n) is 1.03. The van der Waals surface area contributed by atoms with Crippen LogP contribution in [0.5, 0.6) is 5.75 Å². The number of hydrogen-bond donors (Lipinski definition) is 1.